The number of hydrogen-bond acceptors (Lipinski definition) is 7. The van der Waals surface area contributed by atoms with E-state index in [-0.39, 0.29) is 0 Å². The second-order valence-corrected chi connectivity index (χ2v) is 9.83. The van der Waals surface area contributed by atoms with E-state index >= 15 is 0 Å². The van der Waals surface area contributed by atoms with E-state index in [1.807, 2.05) is 63.2 Å². The Morgan fingerprint density at radius 1 is 1.03 bits per heavy atom. The standard InChI is InChI=1S/C28H25ClN6O2/c1-14-25(15(2)37-34-14)20-11-22-19(12-23(20)36-5)26-27(32-24(13-35(3)4)33-28(26)31-22)17-8-9-30-21-7-6-16(29)10-18(17)21/h6-12H,13H2,1-5H3,(H,31,32,33). The molecule has 0 amide bonds. The summed E-state index contributed by atoms with van der Waals surface area (Å²) in [5, 5.41) is 7.58. The molecule has 186 valence electrons. The average molecular weight is 513 g/mol. The number of ether oxygens (including phenoxy) is 1. The van der Waals surface area contributed by atoms with Crippen LogP contribution in [0, 0.1) is 13.8 Å². The maximum Gasteiger partial charge on any atom is 0.145 e. The SMILES string of the molecule is COc1cc2c(cc1-c1c(C)noc1C)[nH]c1nc(CN(C)C)nc(-c3ccnc4ccc(Cl)cc34)c12. The number of benzene rings is 2. The van der Waals surface area contributed by atoms with E-state index in [4.69, 9.17) is 30.8 Å². The third kappa shape index (κ3) is 3.89. The summed E-state index contributed by atoms with van der Waals surface area (Å²) in [6.45, 7) is 4.42. The molecule has 6 rings (SSSR count). The maximum atomic E-state index is 6.40. The molecule has 0 radical (unpaired) electrons. The van der Waals surface area contributed by atoms with Gasteiger partial charge in [0.2, 0.25) is 0 Å². The minimum Gasteiger partial charge on any atom is -0.496 e. The molecule has 0 atom stereocenters. The second kappa shape index (κ2) is 8.83. The number of nitrogens with one attached hydrogen (secondary N) is 1. The Hall–Kier alpha value is -4.01. The molecule has 0 saturated heterocycles. The number of H-pyrrole nitrogens is 1. The van der Waals surface area contributed by atoms with E-state index in [2.05, 4.69) is 21.2 Å². The molecule has 0 saturated carbocycles. The van der Waals surface area contributed by atoms with Crippen molar-refractivity contribution in [3.8, 4) is 28.1 Å². The van der Waals surface area contributed by atoms with Gasteiger partial charge in [-0.3, -0.25) is 4.98 Å². The number of pyridine rings is 1. The average Bonchev–Trinajstić information content (AvgIpc) is 3.39. The molecule has 0 unspecified atom stereocenters. The minimum atomic E-state index is 0.593. The number of nitrogens with zero attached hydrogens (tertiary/aromatic N) is 5. The van der Waals surface area contributed by atoms with Crippen LogP contribution in [0.5, 0.6) is 5.75 Å². The molecule has 9 heteroatoms. The molecule has 37 heavy (non-hydrogen) atoms. The van der Waals surface area contributed by atoms with Crippen LogP contribution in [-0.4, -0.2) is 51.2 Å². The molecule has 2 aromatic carbocycles. The molecule has 1 N–H and O–H groups in total. The van der Waals surface area contributed by atoms with Crippen LogP contribution in [0.4, 0.5) is 0 Å². The molecule has 4 heterocycles. The number of aromatic nitrogens is 5. The molecule has 4 aromatic heterocycles. The Balaban J connectivity index is 1.71. The lowest BCUT2D eigenvalue weighted by Crippen LogP contribution is -2.13. The first-order chi connectivity index (χ1) is 17.8. The zero-order valence-corrected chi connectivity index (χ0v) is 21.9. The number of aromatic amines is 1. The lowest BCUT2D eigenvalue weighted by molar-refractivity contribution is 0.391. The first kappa shape index (κ1) is 23.4. The fraction of sp³-hybridized carbons (Fsp3) is 0.214. The molecular weight excluding hydrogens is 488 g/mol. The van der Waals surface area contributed by atoms with E-state index < -0.39 is 0 Å². The fourth-order valence-corrected chi connectivity index (χ4v) is 5.15. The van der Waals surface area contributed by atoms with Gasteiger partial charge in [-0.15, -0.1) is 0 Å². The Labute approximate surface area is 218 Å². The topological polar surface area (TPSA) is 93.0 Å². The molecule has 0 bridgehead atoms. The molecular formula is C28H25ClN6O2. The molecule has 0 aliphatic heterocycles. The second-order valence-electron chi connectivity index (χ2n) is 9.39. The number of hydrogen-bond donors (Lipinski definition) is 1. The smallest absolute Gasteiger partial charge is 0.145 e. The van der Waals surface area contributed by atoms with Gasteiger partial charge in [-0.25, -0.2) is 9.97 Å². The van der Waals surface area contributed by atoms with Crippen molar-refractivity contribution in [1.82, 2.24) is 30.0 Å². The molecule has 0 aliphatic rings. The summed E-state index contributed by atoms with van der Waals surface area (Å²) in [5.41, 5.74) is 6.90. The van der Waals surface area contributed by atoms with Gasteiger partial charge in [0.1, 0.15) is 23.0 Å². The Morgan fingerprint density at radius 2 is 1.86 bits per heavy atom. The quantitative estimate of drug-likeness (QED) is 0.289. The highest BCUT2D eigenvalue weighted by Gasteiger charge is 2.22. The van der Waals surface area contributed by atoms with Crippen molar-refractivity contribution >= 4 is 44.4 Å². The van der Waals surface area contributed by atoms with Crippen LogP contribution in [0.15, 0.2) is 47.1 Å². The van der Waals surface area contributed by atoms with E-state index in [1.165, 1.54) is 0 Å². The summed E-state index contributed by atoms with van der Waals surface area (Å²) in [5.74, 6) is 2.16. The summed E-state index contributed by atoms with van der Waals surface area (Å²) in [6.07, 6.45) is 1.80. The van der Waals surface area contributed by atoms with Gasteiger partial charge in [-0.1, -0.05) is 16.8 Å². The number of methoxy groups -OCH3 is 1. The van der Waals surface area contributed by atoms with Crippen molar-refractivity contribution in [1.29, 1.82) is 0 Å². The summed E-state index contributed by atoms with van der Waals surface area (Å²) in [4.78, 5) is 20.1. The Kier molecular flexibility index (Phi) is 5.58. The summed E-state index contributed by atoms with van der Waals surface area (Å²) in [6, 6.07) is 11.8. The first-order valence-electron chi connectivity index (χ1n) is 11.9. The molecule has 0 aliphatic carbocycles. The predicted octanol–water partition coefficient (Wildman–Crippen LogP) is 6.32. The molecule has 0 spiro atoms. The zero-order valence-electron chi connectivity index (χ0n) is 21.2. The highest BCUT2D eigenvalue weighted by molar-refractivity contribution is 6.31. The lowest BCUT2D eigenvalue weighted by Gasteiger charge is -2.13. The third-order valence-corrected chi connectivity index (χ3v) is 6.77. The zero-order chi connectivity index (χ0) is 25.8. The largest absolute Gasteiger partial charge is 0.496 e. The maximum absolute atomic E-state index is 6.40. The fourth-order valence-electron chi connectivity index (χ4n) is 4.98. The van der Waals surface area contributed by atoms with Gasteiger partial charge in [0, 0.05) is 38.6 Å². The van der Waals surface area contributed by atoms with Gasteiger partial charge in [0.25, 0.3) is 0 Å². The van der Waals surface area contributed by atoms with Crippen molar-refractivity contribution in [3.63, 3.8) is 0 Å². The van der Waals surface area contributed by atoms with Crippen molar-refractivity contribution in [2.75, 3.05) is 21.2 Å². The van der Waals surface area contributed by atoms with Crippen LogP contribution in [0.1, 0.15) is 17.3 Å². The monoisotopic (exact) mass is 512 g/mol. The van der Waals surface area contributed by atoms with Crippen LogP contribution >= 0.6 is 11.6 Å². The van der Waals surface area contributed by atoms with Gasteiger partial charge in [-0.05, 0) is 64.3 Å². The Morgan fingerprint density at radius 3 is 2.59 bits per heavy atom. The van der Waals surface area contributed by atoms with Gasteiger partial charge in [0.15, 0.2) is 0 Å². The summed E-state index contributed by atoms with van der Waals surface area (Å²) < 4.78 is 11.3. The van der Waals surface area contributed by atoms with Crippen LogP contribution in [-0.2, 0) is 6.54 Å². The van der Waals surface area contributed by atoms with Crippen LogP contribution in [0.2, 0.25) is 5.02 Å². The first-order valence-corrected chi connectivity index (χ1v) is 12.2. The van der Waals surface area contributed by atoms with E-state index in [9.17, 15) is 0 Å². The third-order valence-electron chi connectivity index (χ3n) is 6.54. The lowest BCUT2D eigenvalue weighted by atomic mass is 9.99. The number of halogens is 1. The van der Waals surface area contributed by atoms with E-state index in [0.29, 0.717) is 23.1 Å². The van der Waals surface area contributed by atoms with Crippen molar-refractivity contribution in [2.45, 2.75) is 20.4 Å². The van der Waals surface area contributed by atoms with Crippen LogP contribution in [0.25, 0.3) is 55.2 Å². The highest BCUT2D eigenvalue weighted by atomic mass is 35.5. The number of fused-ring (bicyclic) bond motifs is 4. The predicted molar refractivity (Wildman–Crippen MR) is 146 cm³/mol. The van der Waals surface area contributed by atoms with Crippen LogP contribution < -0.4 is 4.74 Å². The van der Waals surface area contributed by atoms with Gasteiger partial charge in [-0.2, -0.15) is 0 Å². The van der Waals surface area contributed by atoms with Crippen LogP contribution in [0.3, 0.4) is 0 Å². The van der Waals surface area contributed by atoms with E-state index in [0.717, 1.165) is 66.7 Å². The summed E-state index contributed by atoms with van der Waals surface area (Å²) >= 11 is 6.40. The summed E-state index contributed by atoms with van der Waals surface area (Å²) in [7, 11) is 5.67. The van der Waals surface area contributed by atoms with Crippen molar-refractivity contribution in [2.24, 2.45) is 0 Å². The molecule has 0 fully saturated rings. The minimum absolute atomic E-state index is 0.593. The van der Waals surface area contributed by atoms with Gasteiger partial charge >= 0.3 is 0 Å². The van der Waals surface area contributed by atoms with Gasteiger partial charge in [0.05, 0.1) is 41.5 Å². The number of aryl methyl sites for hydroxylation is 2. The molecule has 6 aromatic rings. The number of rotatable bonds is 5. The normalized spacial score (nSPS) is 11.9. The van der Waals surface area contributed by atoms with Gasteiger partial charge < -0.3 is 19.1 Å². The molecule has 8 nitrogen and oxygen atoms in total. The highest BCUT2D eigenvalue weighted by Crippen LogP contribution is 2.42. The van der Waals surface area contributed by atoms with E-state index in [1.54, 1.807) is 13.3 Å². The Bertz CT molecular complexity index is 1800. The van der Waals surface area contributed by atoms with Crippen molar-refractivity contribution in [3.05, 3.63) is 64.9 Å². The van der Waals surface area contributed by atoms with Crippen molar-refractivity contribution < 1.29 is 9.26 Å².